The normalized spacial score (nSPS) is 17.3. The van der Waals surface area contributed by atoms with Crippen molar-refractivity contribution in [1.29, 1.82) is 0 Å². The molecule has 5 nitrogen and oxygen atoms in total. The van der Waals surface area contributed by atoms with Crippen molar-refractivity contribution in [3.63, 3.8) is 0 Å². The average Bonchev–Trinajstić information content (AvgIpc) is 3.27. The van der Waals surface area contributed by atoms with Crippen LogP contribution >= 0.6 is 0 Å². The minimum Gasteiger partial charge on any atom is -0.497 e. The monoisotopic (exact) mass is 435 g/mol. The molecule has 2 unspecified atom stereocenters. The molecular weight excluding hydrogens is 405 g/mol. The number of nitrogens with zero attached hydrogens (tertiary/aromatic N) is 2. The topological polar surface area (TPSA) is 57.6 Å². The number of likely N-dealkylation sites (tertiary alicyclic amines) is 1. The zero-order valence-corrected chi connectivity index (χ0v) is 18.4. The maximum absolute atomic E-state index is 14.1. The van der Waals surface area contributed by atoms with Crippen LogP contribution in [0.15, 0.2) is 67.0 Å². The van der Waals surface area contributed by atoms with Crippen molar-refractivity contribution in [3.8, 4) is 5.75 Å². The van der Waals surface area contributed by atoms with Crippen molar-refractivity contribution in [2.45, 2.75) is 31.3 Å². The van der Waals surface area contributed by atoms with Crippen LogP contribution in [-0.4, -0.2) is 41.8 Å². The Morgan fingerprint density at radius 2 is 2.12 bits per heavy atom. The molecule has 2 aromatic carbocycles. The Hall–Kier alpha value is -2.96. The van der Waals surface area contributed by atoms with Crippen molar-refractivity contribution in [1.82, 2.24) is 9.88 Å². The predicted molar refractivity (Wildman–Crippen MR) is 124 cm³/mol. The first kappa shape index (κ1) is 22.2. The van der Waals surface area contributed by atoms with Gasteiger partial charge >= 0.3 is 0 Å². The Balaban J connectivity index is 1.62. The number of ether oxygens (including phenoxy) is 1. The molecule has 0 aliphatic carbocycles. The molecule has 4 rings (SSSR count). The highest BCUT2D eigenvalue weighted by molar-refractivity contribution is 5.53. The van der Waals surface area contributed by atoms with E-state index >= 15 is 0 Å². The highest BCUT2D eigenvalue weighted by atomic mass is 19.1. The second kappa shape index (κ2) is 10.6. The highest BCUT2D eigenvalue weighted by Crippen LogP contribution is 2.34. The van der Waals surface area contributed by atoms with Gasteiger partial charge in [0.15, 0.2) is 0 Å². The minimum absolute atomic E-state index is 0.0699. The van der Waals surface area contributed by atoms with Crippen molar-refractivity contribution in [2.24, 2.45) is 0 Å². The van der Waals surface area contributed by atoms with Gasteiger partial charge in [-0.1, -0.05) is 18.2 Å². The van der Waals surface area contributed by atoms with Crippen LogP contribution in [0.1, 0.15) is 41.6 Å². The standard InChI is InChI=1S/C26H30FN3O2/c1-32-24-14-19(9-12-31)13-23(16-24)29-25(20-5-2-7-22(27)15-20)18-30-11-4-8-26(30)21-6-3-10-28-17-21/h2-3,5-7,10,13-17,25-26,29,31H,4,8-9,11-12,18H2,1H3. The van der Waals surface area contributed by atoms with Crippen molar-refractivity contribution < 1.29 is 14.2 Å². The summed E-state index contributed by atoms with van der Waals surface area (Å²) in [4.78, 5) is 6.75. The summed E-state index contributed by atoms with van der Waals surface area (Å²) >= 11 is 0. The Morgan fingerprint density at radius 1 is 1.22 bits per heavy atom. The van der Waals surface area contributed by atoms with Crippen LogP contribution in [0, 0.1) is 5.82 Å². The zero-order valence-electron chi connectivity index (χ0n) is 18.4. The summed E-state index contributed by atoms with van der Waals surface area (Å²) in [6.07, 6.45) is 6.49. The fraction of sp³-hybridized carbons (Fsp3) is 0.346. The number of aromatic nitrogens is 1. The molecule has 2 N–H and O–H groups in total. The van der Waals surface area contributed by atoms with Crippen LogP contribution < -0.4 is 10.1 Å². The molecule has 32 heavy (non-hydrogen) atoms. The van der Waals surface area contributed by atoms with Gasteiger partial charge in [0.05, 0.1) is 13.2 Å². The minimum atomic E-state index is -0.244. The van der Waals surface area contributed by atoms with Crippen LogP contribution in [0.4, 0.5) is 10.1 Å². The lowest BCUT2D eigenvalue weighted by Gasteiger charge is -2.30. The molecule has 1 aliphatic heterocycles. The molecule has 2 atom stereocenters. The third-order valence-electron chi connectivity index (χ3n) is 6.04. The van der Waals surface area contributed by atoms with Gasteiger partial charge in [0.1, 0.15) is 11.6 Å². The van der Waals surface area contributed by atoms with E-state index in [1.165, 1.54) is 11.6 Å². The van der Waals surface area contributed by atoms with Gasteiger partial charge in [-0.2, -0.15) is 0 Å². The largest absolute Gasteiger partial charge is 0.497 e. The molecule has 0 spiro atoms. The summed E-state index contributed by atoms with van der Waals surface area (Å²) in [5.41, 5.74) is 3.99. The number of halogens is 1. The number of pyridine rings is 1. The summed E-state index contributed by atoms with van der Waals surface area (Å²) in [5.74, 6) is 0.483. The summed E-state index contributed by atoms with van der Waals surface area (Å²) in [6, 6.07) is 17.0. The van der Waals surface area contributed by atoms with Crippen LogP contribution in [0.2, 0.25) is 0 Å². The average molecular weight is 436 g/mol. The first-order valence-corrected chi connectivity index (χ1v) is 11.1. The molecule has 1 saturated heterocycles. The van der Waals surface area contributed by atoms with Crippen molar-refractivity contribution in [3.05, 3.63) is 89.5 Å². The maximum Gasteiger partial charge on any atom is 0.123 e. The summed E-state index contributed by atoms with van der Waals surface area (Å²) in [6.45, 7) is 1.79. The summed E-state index contributed by atoms with van der Waals surface area (Å²) in [5, 5.41) is 13.0. The van der Waals surface area contributed by atoms with E-state index in [-0.39, 0.29) is 18.5 Å². The Labute approximate surface area is 188 Å². The fourth-order valence-electron chi connectivity index (χ4n) is 4.52. The van der Waals surface area contributed by atoms with Gasteiger partial charge in [-0.05, 0) is 72.8 Å². The molecule has 1 fully saturated rings. The quantitative estimate of drug-likeness (QED) is 0.508. The fourth-order valence-corrected chi connectivity index (χ4v) is 4.52. The van der Waals surface area contributed by atoms with Gasteiger partial charge in [-0.15, -0.1) is 0 Å². The van der Waals surface area contributed by atoms with E-state index in [1.807, 2.05) is 36.5 Å². The van der Waals surface area contributed by atoms with Gasteiger partial charge in [-0.25, -0.2) is 4.39 Å². The lowest BCUT2D eigenvalue weighted by molar-refractivity contribution is 0.246. The lowest BCUT2D eigenvalue weighted by atomic mass is 10.0. The lowest BCUT2D eigenvalue weighted by Crippen LogP contribution is -2.31. The molecule has 6 heteroatoms. The van der Waals surface area contributed by atoms with E-state index < -0.39 is 0 Å². The molecule has 3 aromatic rings. The number of aliphatic hydroxyl groups is 1. The van der Waals surface area contributed by atoms with E-state index in [1.54, 1.807) is 25.4 Å². The van der Waals surface area contributed by atoms with Crippen molar-refractivity contribution in [2.75, 3.05) is 32.1 Å². The number of nitrogens with one attached hydrogen (secondary N) is 1. The highest BCUT2D eigenvalue weighted by Gasteiger charge is 2.29. The van der Waals surface area contributed by atoms with E-state index in [0.717, 1.165) is 48.5 Å². The third kappa shape index (κ3) is 5.44. The number of benzene rings is 2. The van der Waals surface area contributed by atoms with Crippen LogP contribution in [0.3, 0.4) is 0 Å². The smallest absolute Gasteiger partial charge is 0.123 e. The number of rotatable bonds is 9. The summed E-state index contributed by atoms with van der Waals surface area (Å²) < 4.78 is 19.6. The number of aliphatic hydroxyl groups excluding tert-OH is 1. The first-order valence-electron chi connectivity index (χ1n) is 11.1. The van der Waals surface area contributed by atoms with Crippen LogP contribution in [0.5, 0.6) is 5.75 Å². The summed E-state index contributed by atoms with van der Waals surface area (Å²) in [7, 11) is 1.63. The van der Waals surface area contributed by atoms with Gasteiger partial charge < -0.3 is 15.2 Å². The van der Waals surface area contributed by atoms with Crippen molar-refractivity contribution >= 4 is 5.69 Å². The van der Waals surface area contributed by atoms with E-state index in [0.29, 0.717) is 12.5 Å². The van der Waals surface area contributed by atoms with E-state index in [9.17, 15) is 9.50 Å². The van der Waals surface area contributed by atoms with Crippen LogP contribution in [0.25, 0.3) is 0 Å². The SMILES string of the molecule is COc1cc(CCO)cc(NC(CN2CCCC2c2cccnc2)c2cccc(F)c2)c1. The Bertz CT molecular complexity index is 1010. The molecule has 168 valence electrons. The Morgan fingerprint density at radius 3 is 2.88 bits per heavy atom. The van der Waals surface area contributed by atoms with Gasteiger partial charge in [0.2, 0.25) is 0 Å². The van der Waals surface area contributed by atoms with E-state index in [2.05, 4.69) is 21.3 Å². The van der Waals surface area contributed by atoms with Gasteiger partial charge in [-0.3, -0.25) is 9.88 Å². The molecule has 0 bridgehead atoms. The molecule has 1 aromatic heterocycles. The third-order valence-corrected chi connectivity index (χ3v) is 6.04. The second-order valence-electron chi connectivity index (χ2n) is 8.23. The van der Waals surface area contributed by atoms with Crippen LogP contribution in [-0.2, 0) is 6.42 Å². The van der Waals surface area contributed by atoms with Gasteiger partial charge in [0, 0.05) is 43.3 Å². The second-order valence-corrected chi connectivity index (χ2v) is 8.23. The molecule has 0 amide bonds. The molecular formula is C26H30FN3O2. The number of methoxy groups -OCH3 is 1. The van der Waals surface area contributed by atoms with E-state index in [4.69, 9.17) is 4.74 Å². The van der Waals surface area contributed by atoms with Gasteiger partial charge in [0.25, 0.3) is 0 Å². The number of anilines is 1. The molecule has 0 saturated carbocycles. The number of hydrogen-bond donors (Lipinski definition) is 2. The number of hydrogen-bond acceptors (Lipinski definition) is 5. The molecule has 0 radical (unpaired) electrons. The first-order chi connectivity index (χ1) is 15.7. The zero-order chi connectivity index (χ0) is 22.3. The molecule has 1 aliphatic rings. The molecule has 2 heterocycles. The maximum atomic E-state index is 14.1. The predicted octanol–water partition coefficient (Wildman–Crippen LogP) is 4.75. The Kier molecular flexibility index (Phi) is 7.35.